The zero-order chi connectivity index (χ0) is 25.8. The molecule has 8 nitrogen and oxygen atoms in total. The number of hydrogen-bond acceptors (Lipinski definition) is 5. The van der Waals surface area contributed by atoms with Crippen LogP contribution in [0, 0.1) is 18.6 Å². The Kier molecular flexibility index (Phi) is 7.36. The molecule has 0 saturated carbocycles. The molecule has 4 aromatic rings. The van der Waals surface area contributed by atoms with E-state index in [9.17, 15) is 13.6 Å². The smallest absolute Gasteiger partial charge is 0.210 e. The highest BCUT2D eigenvalue weighted by Gasteiger charge is 2.23. The minimum Gasteiger partial charge on any atom is -0.373 e. The van der Waals surface area contributed by atoms with Crippen molar-refractivity contribution in [2.24, 2.45) is 0 Å². The van der Waals surface area contributed by atoms with Crippen molar-refractivity contribution >= 4 is 6.41 Å². The van der Waals surface area contributed by atoms with Gasteiger partial charge >= 0.3 is 0 Å². The largest absolute Gasteiger partial charge is 0.373 e. The van der Waals surface area contributed by atoms with Crippen molar-refractivity contribution in [3.05, 3.63) is 77.9 Å². The summed E-state index contributed by atoms with van der Waals surface area (Å²) in [4.78, 5) is 16.8. The van der Waals surface area contributed by atoms with E-state index in [0.29, 0.717) is 31.0 Å². The van der Waals surface area contributed by atoms with Crippen LogP contribution in [0.3, 0.4) is 0 Å². The maximum atomic E-state index is 13.7. The molecule has 0 unspecified atom stereocenters. The maximum Gasteiger partial charge on any atom is 0.210 e. The summed E-state index contributed by atoms with van der Waals surface area (Å²) in [5.41, 5.74) is 4.89. The molecular formula is C27H28F2N6O2. The summed E-state index contributed by atoms with van der Waals surface area (Å²) in [7, 11) is 0. The van der Waals surface area contributed by atoms with E-state index in [2.05, 4.69) is 15.2 Å². The highest BCUT2D eigenvalue weighted by atomic mass is 19.1. The standard InChI is InChI=1S/C14H15FN4O.C13H13FN2O/c15-12-3-4-14(16-7-12)11-6-17-19(8-11)9-13-2-1-5-18(13)10-20;1-9-12-8-17-7-6-16(12)15-13(9)10-4-2-3-5-11(10)14/h3-4,6-8,10,13H,1-2,5,9H2;2-5H,6-8H2,1H3/t13-;/m0./s1. The summed E-state index contributed by atoms with van der Waals surface area (Å²) in [5, 5.41) is 8.77. The number of nitrogens with zero attached hydrogens (tertiary/aromatic N) is 6. The predicted molar refractivity (Wildman–Crippen MR) is 133 cm³/mol. The lowest BCUT2D eigenvalue weighted by Crippen LogP contribution is -2.31. The zero-order valence-corrected chi connectivity index (χ0v) is 20.6. The molecule has 1 saturated heterocycles. The molecule has 192 valence electrons. The fraction of sp³-hybridized carbons (Fsp3) is 0.333. The quantitative estimate of drug-likeness (QED) is 0.379. The molecule has 5 heterocycles. The van der Waals surface area contributed by atoms with E-state index in [1.165, 1.54) is 18.3 Å². The highest BCUT2D eigenvalue weighted by molar-refractivity contribution is 5.64. The first-order chi connectivity index (χ1) is 18.0. The van der Waals surface area contributed by atoms with Crippen LogP contribution < -0.4 is 0 Å². The van der Waals surface area contributed by atoms with Crippen LogP contribution in [0.2, 0.25) is 0 Å². The first-order valence-corrected chi connectivity index (χ1v) is 12.3. The first-order valence-electron chi connectivity index (χ1n) is 12.3. The van der Waals surface area contributed by atoms with Gasteiger partial charge in [-0.1, -0.05) is 12.1 Å². The normalized spacial score (nSPS) is 16.7. The number of likely N-dealkylation sites (tertiary alicyclic amines) is 1. The lowest BCUT2D eigenvalue weighted by molar-refractivity contribution is -0.119. The summed E-state index contributed by atoms with van der Waals surface area (Å²) in [6.07, 6.45) is 7.73. The van der Waals surface area contributed by atoms with Crippen LogP contribution in [0.5, 0.6) is 0 Å². The highest BCUT2D eigenvalue weighted by Crippen LogP contribution is 2.28. The average molecular weight is 507 g/mol. The molecule has 1 fully saturated rings. The van der Waals surface area contributed by atoms with Gasteiger partial charge in [-0.15, -0.1) is 0 Å². The van der Waals surface area contributed by atoms with E-state index < -0.39 is 0 Å². The van der Waals surface area contributed by atoms with Gasteiger partial charge in [-0.2, -0.15) is 10.2 Å². The van der Waals surface area contributed by atoms with Crippen LogP contribution in [0.15, 0.2) is 55.0 Å². The molecule has 0 N–H and O–H groups in total. The van der Waals surface area contributed by atoms with E-state index in [1.807, 2.05) is 33.5 Å². The molecule has 1 atom stereocenters. The molecule has 1 amide bonds. The van der Waals surface area contributed by atoms with Crippen molar-refractivity contribution < 1.29 is 18.3 Å². The van der Waals surface area contributed by atoms with Gasteiger partial charge in [-0.05, 0) is 44.0 Å². The fourth-order valence-electron chi connectivity index (χ4n) is 4.73. The predicted octanol–water partition coefficient (Wildman–Crippen LogP) is 4.23. The second kappa shape index (κ2) is 11.0. The molecule has 2 aliphatic rings. The minimum atomic E-state index is -0.353. The molecule has 0 bridgehead atoms. The summed E-state index contributed by atoms with van der Waals surface area (Å²) in [6, 6.07) is 9.96. The number of benzene rings is 1. The van der Waals surface area contributed by atoms with Crippen molar-refractivity contribution in [2.75, 3.05) is 13.2 Å². The van der Waals surface area contributed by atoms with Crippen LogP contribution >= 0.6 is 0 Å². The van der Waals surface area contributed by atoms with E-state index >= 15 is 0 Å². The van der Waals surface area contributed by atoms with Crippen molar-refractivity contribution in [2.45, 2.75) is 45.5 Å². The van der Waals surface area contributed by atoms with Gasteiger partial charge < -0.3 is 9.64 Å². The Morgan fingerprint density at radius 3 is 2.76 bits per heavy atom. The zero-order valence-electron chi connectivity index (χ0n) is 20.6. The summed E-state index contributed by atoms with van der Waals surface area (Å²) in [6.45, 7) is 5.44. The van der Waals surface area contributed by atoms with Crippen molar-refractivity contribution in [1.29, 1.82) is 0 Å². The van der Waals surface area contributed by atoms with E-state index in [4.69, 9.17) is 4.74 Å². The Balaban J connectivity index is 0.000000153. The third kappa shape index (κ3) is 5.43. The van der Waals surface area contributed by atoms with Gasteiger partial charge in [-0.25, -0.2) is 8.78 Å². The third-order valence-electron chi connectivity index (χ3n) is 6.75. The Morgan fingerprint density at radius 2 is 2.00 bits per heavy atom. The molecule has 37 heavy (non-hydrogen) atoms. The van der Waals surface area contributed by atoms with Gasteiger partial charge in [-0.3, -0.25) is 19.1 Å². The molecule has 10 heteroatoms. The van der Waals surface area contributed by atoms with Gasteiger partial charge in [0.15, 0.2) is 0 Å². The number of fused-ring (bicyclic) bond motifs is 1. The number of ether oxygens (including phenoxy) is 1. The molecule has 0 spiro atoms. The van der Waals surface area contributed by atoms with Gasteiger partial charge in [0.05, 0.1) is 61.8 Å². The number of aromatic nitrogens is 5. The number of amides is 1. The van der Waals surface area contributed by atoms with Gasteiger partial charge in [0.25, 0.3) is 0 Å². The number of hydrogen-bond donors (Lipinski definition) is 0. The minimum absolute atomic E-state index is 0.210. The molecular weight excluding hydrogens is 478 g/mol. The van der Waals surface area contributed by atoms with Crippen molar-refractivity contribution in [3.63, 3.8) is 0 Å². The van der Waals surface area contributed by atoms with E-state index in [-0.39, 0.29) is 17.7 Å². The molecule has 1 aromatic carbocycles. The Labute approximate surface area is 213 Å². The summed E-state index contributed by atoms with van der Waals surface area (Å²) in [5.74, 6) is -0.583. The fourth-order valence-corrected chi connectivity index (χ4v) is 4.73. The molecule has 6 rings (SSSR count). The first kappa shape index (κ1) is 24.8. The van der Waals surface area contributed by atoms with Gasteiger partial charge in [0.2, 0.25) is 6.41 Å². The second-order valence-corrected chi connectivity index (χ2v) is 9.13. The Hall–Kier alpha value is -3.92. The number of pyridine rings is 1. The molecule has 0 aliphatic carbocycles. The SMILES string of the molecule is Cc1c(-c2ccccc2F)nn2c1COCC2.O=CN1CCC[C@H]1Cn1cc(-c2ccc(F)cn2)cn1. The van der Waals surface area contributed by atoms with Gasteiger partial charge in [0.1, 0.15) is 11.6 Å². The average Bonchev–Trinajstić information content (AvgIpc) is 3.65. The lowest BCUT2D eigenvalue weighted by Gasteiger charge is -2.19. The van der Waals surface area contributed by atoms with Crippen LogP contribution in [0.25, 0.3) is 22.5 Å². The van der Waals surface area contributed by atoms with Crippen LogP contribution in [0.4, 0.5) is 8.78 Å². The monoisotopic (exact) mass is 506 g/mol. The van der Waals surface area contributed by atoms with Gasteiger partial charge in [0, 0.05) is 29.4 Å². The summed E-state index contributed by atoms with van der Waals surface area (Å²) >= 11 is 0. The molecule has 2 aliphatic heterocycles. The van der Waals surface area contributed by atoms with Crippen LogP contribution in [0.1, 0.15) is 24.1 Å². The number of halogens is 2. The second-order valence-electron chi connectivity index (χ2n) is 9.13. The maximum absolute atomic E-state index is 13.7. The van der Waals surface area contributed by atoms with Crippen LogP contribution in [-0.2, 0) is 29.2 Å². The Morgan fingerprint density at radius 1 is 1.14 bits per heavy atom. The van der Waals surface area contributed by atoms with E-state index in [1.54, 1.807) is 24.4 Å². The third-order valence-corrected chi connectivity index (χ3v) is 6.75. The van der Waals surface area contributed by atoms with Crippen LogP contribution in [-0.4, -0.2) is 55.0 Å². The number of rotatable bonds is 5. The van der Waals surface area contributed by atoms with Crippen molar-refractivity contribution in [3.8, 4) is 22.5 Å². The number of carbonyl (C=O) groups excluding carboxylic acids is 1. The topological polar surface area (TPSA) is 78.1 Å². The van der Waals surface area contributed by atoms with Crippen molar-refractivity contribution in [1.82, 2.24) is 29.4 Å². The molecule has 0 radical (unpaired) electrons. The summed E-state index contributed by atoms with van der Waals surface area (Å²) < 4.78 is 35.7. The Bertz CT molecular complexity index is 1370. The molecule has 3 aromatic heterocycles. The lowest BCUT2D eigenvalue weighted by atomic mass is 10.1. The number of carbonyl (C=O) groups is 1. The van der Waals surface area contributed by atoms with E-state index in [0.717, 1.165) is 54.9 Å².